The molecule has 0 radical (unpaired) electrons. The van der Waals surface area contributed by atoms with Crippen LogP contribution in [0, 0.1) is 0 Å². The number of carbonyl (C=O) groups is 1. The number of amides is 1. The number of ether oxygens (including phenoxy) is 1. The number of nitrogens with one attached hydrogen (secondary N) is 2. The zero-order valence-corrected chi connectivity index (χ0v) is 17.1. The average Bonchev–Trinajstić information content (AvgIpc) is 3.24. The summed E-state index contributed by atoms with van der Waals surface area (Å²) >= 11 is 1.67. The van der Waals surface area contributed by atoms with Crippen LogP contribution in [0.3, 0.4) is 0 Å². The second-order valence-corrected chi connectivity index (χ2v) is 9.36. The molecule has 0 unspecified atom stereocenters. The van der Waals surface area contributed by atoms with Crippen LogP contribution in [0.5, 0.6) is 0 Å². The van der Waals surface area contributed by atoms with Crippen LogP contribution in [-0.2, 0) is 14.8 Å². The van der Waals surface area contributed by atoms with Gasteiger partial charge in [-0.25, -0.2) is 13.1 Å². The molecule has 1 atom stereocenters. The number of hydrogen-bond acceptors (Lipinski definition) is 5. The highest BCUT2D eigenvalue weighted by molar-refractivity contribution is 7.99. The van der Waals surface area contributed by atoms with Gasteiger partial charge >= 0.3 is 0 Å². The van der Waals surface area contributed by atoms with E-state index in [-0.39, 0.29) is 23.5 Å². The second kappa shape index (κ2) is 10.1. The lowest BCUT2D eigenvalue weighted by Crippen LogP contribution is -2.32. The maximum absolute atomic E-state index is 12.3. The quantitative estimate of drug-likeness (QED) is 0.481. The Bertz CT molecular complexity index is 865. The Morgan fingerprint density at radius 1 is 1.11 bits per heavy atom. The van der Waals surface area contributed by atoms with Gasteiger partial charge in [0.2, 0.25) is 10.0 Å². The summed E-state index contributed by atoms with van der Waals surface area (Å²) in [5.74, 6) is 0.542. The van der Waals surface area contributed by atoms with Crippen molar-refractivity contribution in [3.05, 3.63) is 60.2 Å². The third-order valence-electron chi connectivity index (χ3n) is 4.35. The summed E-state index contributed by atoms with van der Waals surface area (Å²) in [5.41, 5.74) is 0.433. The van der Waals surface area contributed by atoms with Gasteiger partial charge in [0.15, 0.2) is 0 Å². The molecule has 1 fully saturated rings. The molecule has 2 aromatic rings. The third-order valence-corrected chi connectivity index (χ3v) is 6.80. The van der Waals surface area contributed by atoms with E-state index < -0.39 is 10.0 Å². The molecular formula is C20H24N2O4S2. The van der Waals surface area contributed by atoms with Crippen LogP contribution in [0.2, 0.25) is 0 Å². The van der Waals surface area contributed by atoms with Crippen molar-refractivity contribution in [1.29, 1.82) is 0 Å². The molecule has 3 rings (SSSR count). The lowest BCUT2D eigenvalue weighted by molar-refractivity contribution is 0.0956. The van der Waals surface area contributed by atoms with Crippen LogP contribution in [0.25, 0.3) is 0 Å². The van der Waals surface area contributed by atoms with Gasteiger partial charge in [0, 0.05) is 35.9 Å². The molecule has 2 aromatic carbocycles. The van der Waals surface area contributed by atoms with Crippen molar-refractivity contribution in [3.8, 4) is 0 Å². The molecular weight excluding hydrogens is 396 g/mol. The van der Waals surface area contributed by atoms with Crippen molar-refractivity contribution in [3.63, 3.8) is 0 Å². The summed E-state index contributed by atoms with van der Waals surface area (Å²) in [6.45, 7) is 1.48. The first-order chi connectivity index (χ1) is 13.5. The largest absolute Gasteiger partial charge is 0.377 e. The van der Waals surface area contributed by atoms with Gasteiger partial charge in [0.25, 0.3) is 5.91 Å². The van der Waals surface area contributed by atoms with Crippen molar-refractivity contribution in [2.45, 2.75) is 28.7 Å². The molecule has 1 aliphatic heterocycles. The molecule has 8 heteroatoms. The van der Waals surface area contributed by atoms with Gasteiger partial charge in [-0.05, 0) is 49.2 Å². The minimum atomic E-state index is -3.61. The maximum atomic E-state index is 12.3. The Labute approximate surface area is 170 Å². The molecule has 150 valence electrons. The first kappa shape index (κ1) is 20.9. The lowest BCUT2D eigenvalue weighted by atomic mass is 10.2. The summed E-state index contributed by atoms with van der Waals surface area (Å²) < 4.78 is 32.7. The van der Waals surface area contributed by atoms with Crippen molar-refractivity contribution < 1.29 is 17.9 Å². The van der Waals surface area contributed by atoms with Gasteiger partial charge < -0.3 is 10.1 Å². The standard InChI is InChI=1S/C20H24N2O4S2/c23-20(21-12-14-27-18-6-2-1-3-7-18)16-8-10-19(11-9-16)28(24,25)22-15-17-5-4-13-26-17/h1-3,6-11,17,22H,4-5,12-15H2,(H,21,23)/t17-/m0/s1. The molecule has 0 aliphatic carbocycles. The molecule has 0 aromatic heterocycles. The van der Waals surface area contributed by atoms with Crippen molar-refractivity contribution in [2.24, 2.45) is 0 Å². The van der Waals surface area contributed by atoms with E-state index in [0.717, 1.165) is 23.5 Å². The lowest BCUT2D eigenvalue weighted by Gasteiger charge is -2.11. The van der Waals surface area contributed by atoms with E-state index in [1.165, 1.54) is 24.3 Å². The summed E-state index contributed by atoms with van der Waals surface area (Å²) in [6.07, 6.45) is 1.76. The van der Waals surface area contributed by atoms with Gasteiger partial charge in [-0.1, -0.05) is 18.2 Å². The molecule has 2 N–H and O–H groups in total. The first-order valence-corrected chi connectivity index (χ1v) is 11.7. The van der Waals surface area contributed by atoms with E-state index in [4.69, 9.17) is 4.74 Å². The number of carbonyl (C=O) groups excluding carboxylic acids is 1. The molecule has 0 spiro atoms. The van der Waals surface area contributed by atoms with Crippen molar-refractivity contribution in [1.82, 2.24) is 10.0 Å². The fraction of sp³-hybridized carbons (Fsp3) is 0.350. The molecule has 1 amide bonds. The Morgan fingerprint density at radius 3 is 2.54 bits per heavy atom. The topological polar surface area (TPSA) is 84.5 Å². The molecule has 1 saturated heterocycles. The first-order valence-electron chi connectivity index (χ1n) is 9.22. The van der Waals surface area contributed by atoms with Crippen LogP contribution in [0.15, 0.2) is 64.4 Å². The number of thioether (sulfide) groups is 1. The van der Waals surface area contributed by atoms with Crippen molar-refractivity contribution >= 4 is 27.7 Å². The number of rotatable bonds is 9. The Balaban J connectivity index is 1.46. The Hall–Kier alpha value is -1.87. The predicted molar refractivity (Wildman–Crippen MR) is 110 cm³/mol. The smallest absolute Gasteiger partial charge is 0.251 e. The second-order valence-electron chi connectivity index (χ2n) is 6.43. The van der Waals surface area contributed by atoms with Crippen molar-refractivity contribution in [2.75, 3.05) is 25.4 Å². The number of sulfonamides is 1. The number of benzene rings is 2. The number of hydrogen-bond donors (Lipinski definition) is 2. The van der Waals surface area contributed by atoms with E-state index in [2.05, 4.69) is 10.0 Å². The minimum Gasteiger partial charge on any atom is -0.377 e. The fourth-order valence-electron chi connectivity index (χ4n) is 2.83. The van der Waals surface area contributed by atoms with E-state index in [9.17, 15) is 13.2 Å². The third kappa shape index (κ3) is 6.07. The maximum Gasteiger partial charge on any atom is 0.251 e. The molecule has 1 heterocycles. The van der Waals surface area contributed by atoms with Crippen LogP contribution in [-0.4, -0.2) is 45.9 Å². The Morgan fingerprint density at radius 2 is 1.86 bits per heavy atom. The van der Waals surface area contributed by atoms with Crippen LogP contribution in [0.4, 0.5) is 0 Å². The summed E-state index contributed by atoms with van der Waals surface area (Å²) in [6, 6.07) is 15.9. The summed E-state index contributed by atoms with van der Waals surface area (Å²) in [5, 5.41) is 2.85. The molecule has 1 aliphatic rings. The highest BCUT2D eigenvalue weighted by Crippen LogP contribution is 2.16. The monoisotopic (exact) mass is 420 g/mol. The zero-order chi connectivity index (χ0) is 19.8. The highest BCUT2D eigenvalue weighted by atomic mass is 32.2. The minimum absolute atomic E-state index is 0.0615. The van der Waals surface area contributed by atoms with E-state index in [1.54, 1.807) is 11.8 Å². The van der Waals surface area contributed by atoms with Crippen LogP contribution >= 0.6 is 11.8 Å². The molecule has 0 saturated carbocycles. The normalized spacial score (nSPS) is 16.8. The van der Waals surface area contributed by atoms with Crippen LogP contribution < -0.4 is 10.0 Å². The molecule has 6 nitrogen and oxygen atoms in total. The summed E-state index contributed by atoms with van der Waals surface area (Å²) in [4.78, 5) is 13.5. The van der Waals surface area contributed by atoms with Gasteiger partial charge in [-0.15, -0.1) is 11.8 Å². The summed E-state index contributed by atoms with van der Waals surface area (Å²) in [7, 11) is -3.61. The fourth-order valence-corrected chi connectivity index (χ4v) is 4.68. The predicted octanol–water partition coefficient (Wildman–Crippen LogP) is 2.67. The van der Waals surface area contributed by atoms with Crippen LogP contribution in [0.1, 0.15) is 23.2 Å². The SMILES string of the molecule is O=C(NCCSc1ccccc1)c1ccc(S(=O)(=O)NC[C@@H]2CCCO2)cc1. The molecule has 28 heavy (non-hydrogen) atoms. The van der Waals surface area contributed by atoms with Gasteiger partial charge in [-0.2, -0.15) is 0 Å². The zero-order valence-electron chi connectivity index (χ0n) is 15.5. The molecule has 0 bridgehead atoms. The highest BCUT2D eigenvalue weighted by Gasteiger charge is 2.20. The van der Waals surface area contributed by atoms with E-state index in [1.807, 2.05) is 30.3 Å². The van der Waals surface area contributed by atoms with E-state index >= 15 is 0 Å². The average molecular weight is 421 g/mol. The van der Waals surface area contributed by atoms with Gasteiger partial charge in [0.05, 0.1) is 11.0 Å². The van der Waals surface area contributed by atoms with E-state index in [0.29, 0.717) is 18.7 Å². The van der Waals surface area contributed by atoms with Gasteiger partial charge in [0.1, 0.15) is 0 Å². The Kier molecular flexibility index (Phi) is 7.50. The van der Waals surface area contributed by atoms with Gasteiger partial charge in [-0.3, -0.25) is 4.79 Å².